The number of amides is 1. The Morgan fingerprint density at radius 3 is 2.95 bits per heavy atom. The maximum Gasteiger partial charge on any atom is 0.257 e. The van der Waals surface area contributed by atoms with Crippen molar-refractivity contribution in [2.75, 3.05) is 25.9 Å². The van der Waals surface area contributed by atoms with Crippen LogP contribution in [0, 0.1) is 0 Å². The van der Waals surface area contributed by atoms with Crippen LogP contribution in [-0.4, -0.2) is 43.1 Å². The van der Waals surface area contributed by atoms with Crippen LogP contribution in [0.4, 0.5) is 5.69 Å². The lowest BCUT2D eigenvalue weighted by Crippen LogP contribution is -2.42. The van der Waals surface area contributed by atoms with E-state index in [-0.39, 0.29) is 12.5 Å². The zero-order chi connectivity index (χ0) is 14.5. The summed E-state index contributed by atoms with van der Waals surface area (Å²) in [6, 6.07) is 8.12. The lowest BCUT2D eigenvalue weighted by molar-refractivity contribution is -0.123. The topological polar surface area (TPSA) is 67.6 Å². The molecule has 1 unspecified atom stereocenters. The number of hydrogen-bond acceptors (Lipinski definition) is 4. The van der Waals surface area contributed by atoms with Gasteiger partial charge in [-0.1, -0.05) is 6.07 Å². The number of rotatable bonds is 7. The zero-order valence-electron chi connectivity index (χ0n) is 12.1. The molecule has 20 heavy (non-hydrogen) atoms. The van der Waals surface area contributed by atoms with Crippen LogP contribution in [0.25, 0.3) is 0 Å². The normalized spacial score (nSPS) is 15.9. The van der Waals surface area contributed by atoms with E-state index in [9.17, 15) is 4.79 Å². The van der Waals surface area contributed by atoms with Crippen molar-refractivity contribution in [3.63, 3.8) is 0 Å². The van der Waals surface area contributed by atoms with E-state index in [1.807, 2.05) is 0 Å². The highest BCUT2D eigenvalue weighted by atomic mass is 16.5. The summed E-state index contributed by atoms with van der Waals surface area (Å²) < 4.78 is 5.40. The van der Waals surface area contributed by atoms with Crippen molar-refractivity contribution in [3.05, 3.63) is 24.3 Å². The highest BCUT2D eigenvalue weighted by Gasteiger charge is 2.29. The van der Waals surface area contributed by atoms with Crippen molar-refractivity contribution in [2.45, 2.75) is 31.8 Å². The third kappa shape index (κ3) is 4.42. The Hall–Kier alpha value is -1.75. The number of anilines is 1. The smallest absolute Gasteiger partial charge is 0.257 e. The highest BCUT2D eigenvalue weighted by Crippen LogP contribution is 2.26. The molecule has 1 atom stereocenters. The van der Waals surface area contributed by atoms with Gasteiger partial charge in [0.1, 0.15) is 5.75 Å². The molecule has 0 heterocycles. The zero-order valence-corrected chi connectivity index (χ0v) is 12.1. The summed E-state index contributed by atoms with van der Waals surface area (Å²) in [5.41, 5.74) is 6.27. The minimum Gasteiger partial charge on any atom is -0.484 e. The van der Waals surface area contributed by atoms with E-state index in [1.165, 1.54) is 12.8 Å². The Kier molecular flexibility index (Phi) is 4.84. The molecular weight excluding hydrogens is 254 g/mol. The van der Waals surface area contributed by atoms with Gasteiger partial charge in [-0.3, -0.25) is 9.69 Å². The van der Waals surface area contributed by atoms with E-state index < -0.39 is 0 Å². The summed E-state index contributed by atoms with van der Waals surface area (Å²) in [6.45, 7) is 2.78. The average molecular weight is 277 g/mol. The van der Waals surface area contributed by atoms with Crippen molar-refractivity contribution in [2.24, 2.45) is 0 Å². The summed E-state index contributed by atoms with van der Waals surface area (Å²) in [5, 5.41) is 2.89. The van der Waals surface area contributed by atoms with E-state index in [0.717, 1.165) is 0 Å². The molecule has 0 saturated heterocycles. The molecule has 1 saturated carbocycles. The summed E-state index contributed by atoms with van der Waals surface area (Å²) in [7, 11) is 2.11. The van der Waals surface area contributed by atoms with Crippen LogP contribution in [0.1, 0.15) is 19.8 Å². The van der Waals surface area contributed by atoms with Gasteiger partial charge in [0.15, 0.2) is 6.61 Å². The van der Waals surface area contributed by atoms with Crippen LogP contribution in [0.3, 0.4) is 0 Å². The number of carbonyl (C=O) groups excluding carboxylic acids is 1. The minimum atomic E-state index is -0.108. The molecule has 3 N–H and O–H groups in total. The number of nitrogen functional groups attached to an aromatic ring is 1. The molecule has 1 aliphatic rings. The second kappa shape index (κ2) is 6.61. The largest absolute Gasteiger partial charge is 0.484 e. The highest BCUT2D eigenvalue weighted by molar-refractivity contribution is 5.77. The molecule has 0 spiro atoms. The molecule has 1 amide bonds. The Balaban J connectivity index is 1.67. The summed E-state index contributed by atoms with van der Waals surface area (Å²) >= 11 is 0. The van der Waals surface area contributed by atoms with Crippen molar-refractivity contribution in [3.8, 4) is 5.75 Å². The molecule has 0 bridgehead atoms. The molecule has 5 nitrogen and oxygen atoms in total. The van der Waals surface area contributed by atoms with E-state index in [2.05, 4.69) is 24.2 Å². The first kappa shape index (κ1) is 14.7. The fourth-order valence-corrected chi connectivity index (χ4v) is 2.05. The number of carbonyl (C=O) groups is 1. The van der Waals surface area contributed by atoms with Gasteiger partial charge in [0.2, 0.25) is 0 Å². The molecule has 110 valence electrons. The first-order chi connectivity index (χ1) is 9.56. The molecule has 5 heteroatoms. The predicted molar refractivity (Wildman–Crippen MR) is 79.6 cm³/mol. The van der Waals surface area contributed by atoms with Crippen LogP contribution < -0.4 is 15.8 Å². The van der Waals surface area contributed by atoms with Gasteiger partial charge in [0, 0.05) is 30.4 Å². The van der Waals surface area contributed by atoms with E-state index >= 15 is 0 Å². The number of hydrogen-bond donors (Lipinski definition) is 2. The van der Waals surface area contributed by atoms with Crippen LogP contribution in [0.5, 0.6) is 5.75 Å². The molecule has 0 aliphatic heterocycles. The Morgan fingerprint density at radius 1 is 1.55 bits per heavy atom. The predicted octanol–water partition coefficient (Wildman–Crippen LogP) is 1.25. The standard InChI is InChI=1S/C15H23N3O2/c1-11(18(2)13-6-7-13)9-17-15(19)10-20-14-5-3-4-12(16)8-14/h3-5,8,11,13H,6-7,9-10,16H2,1-2H3,(H,17,19). The van der Waals surface area contributed by atoms with Gasteiger partial charge in [0.05, 0.1) is 0 Å². The molecular formula is C15H23N3O2. The van der Waals surface area contributed by atoms with Gasteiger partial charge < -0.3 is 15.8 Å². The Morgan fingerprint density at radius 2 is 2.30 bits per heavy atom. The average Bonchev–Trinajstić information content (AvgIpc) is 3.26. The van der Waals surface area contributed by atoms with Crippen LogP contribution in [0.2, 0.25) is 0 Å². The third-order valence-corrected chi connectivity index (χ3v) is 3.64. The van der Waals surface area contributed by atoms with Crippen molar-refractivity contribution in [1.82, 2.24) is 10.2 Å². The second-order valence-electron chi connectivity index (χ2n) is 5.41. The fourth-order valence-electron chi connectivity index (χ4n) is 2.05. The van der Waals surface area contributed by atoms with Crippen LogP contribution in [-0.2, 0) is 4.79 Å². The maximum absolute atomic E-state index is 11.7. The minimum absolute atomic E-state index is 0.0172. The lowest BCUT2D eigenvalue weighted by atomic mass is 10.3. The number of nitrogens with zero attached hydrogens (tertiary/aromatic N) is 1. The van der Waals surface area contributed by atoms with E-state index in [4.69, 9.17) is 10.5 Å². The number of benzene rings is 1. The number of likely N-dealkylation sites (N-methyl/N-ethyl adjacent to an activating group) is 1. The third-order valence-electron chi connectivity index (χ3n) is 3.64. The van der Waals surface area contributed by atoms with E-state index in [0.29, 0.717) is 30.1 Å². The monoisotopic (exact) mass is 277 g/mol. The SMILES string of the molecule is CC(CNC(=O)COc1cccc(N)c1)N(C)C1CC1. The molecule has 1 aliphatic carbocycles. The fraction of sp³-hybridized carbons (Fsp3) is 0.533. The van der Waals surface area contributed by atoms with Gasteiger partial charge in [-0.2, -0.15) is 0 Å². The van der Waals surface area contributed by atoms with Crippen LogP contribution >= 0.6 is 0 Å². The second-order valence-corrected chi connectivity index (χ2v) is 5.41. The van der Waals surface area contributed by atoms with E-state index in [1.54, 1.807) is 24.3 Å². The summed E-state index contributed by atoms with van der Waals surface area (Å²) in [5.74, 6) is 0.506. The van der Waals surface area contributed by atoms with Crippen LogP contribution in [0.15, 0.2) is 24.3 Å². The summed E-state index contributed by atoms with van der Waals surface area (Å²) in [6.07, 6.45) is 2.54. The first-order valence-electron chi connectivity index (χ1n) is 7.03. The summed E-state index contributed by atoms with van der Waals surface area (Å²) in [4.78, 5) is 14.0. The molecule has 2 rings (SSSR count). The molecule has 0 radical (unpaired) electrons. The number of nitrogens with one attached hydrogen (secondary N) is 1. The van der Waals surface area contributed by atoms with Crippen molar-refractivity contribution < 1.29 is 9.53 Å². The Bertz CT molecular complexity index is 460. The molecule has 1 aromatic carbocycles. The maximum atomic E-state index is 11.7. The molecule has 1 aromatic rings. The molecule has 1 fully saturated rings. The van der Waals surface area contributed by atoms with Crippen molar-refractivity contribution >= 4 is 11.6 Å². The number of nitrogens with two attached hydrogens (primary N) is 1. The lowest BCUT2D eigenvalue weighted by Gasteiger charge is -2.24. The van der Waals surface area contributed by atoms with Gasteiger partial charge in [-0.25, -0.2) is 0 Å². The van der Waals surface area contributed by atoms with Gasteiger partial charge >= 0.3 is 0 Å². The van der Waals surface area contributed by atoms with Gasteiger partial charge in [-0.15, -0.1) is 0 Å². The van der Waals surface area contributed by atoms with Gasteiger partial charge in [0.25, 0.3) is 5.91 Å². The van der Waals surface area contributed by atoms with Gasteiger partial charge in [-0.05, 0) is 38.9 Å². The number of ether oxygens (including phenoxy) is 1. The molecule has 0 aromatic heterocycles. The quantitative estimate of drug-likeness (QED) is 0.736. The Labute approximate surface area is 120 Å². The first-order valence-corrected chi connectivity index (χ1v) is 7.03. The van der Waals surface area contributed by atoms with Crippen molar-refractivity contribution in [1.29, 1.82) is 0 Å².